The highest BCUT2D eigenvalue weighted by Gasteiger charge is 2.22. The van der Waals surface area contributed by atoms with Crippen molar-refractivity contribution in [3.05, 3.63) is 65.5 Å². The number of anilines is 3. The molecule has 3 rings (SSSR count). The van der Waals surface area contributed by atoms with Crippen molar-refractivity contribution in [2.24, 2.45) is 0 Å². The van der Waals surface area contributed by atoms with E-state index in [1.165, 1.54) is 18.4 Å². The van der Waals surface area contributed by atoms with E-state index in [1.807, 2.05) is 17.5 Å². The number of carbonyl (C=O) groups excluding carboxylic acids is 2. The molecule has 2 aromatic carbocycles. The molecule has 1 heterocycles. The molecule has 3 aromatic rings. The van der Waals surface area contributed by atoms with E-state index >= 15 is 0 Å². The molecule has 0 atom stereocenters. The third-order valence-corrected chi connectivity index (χ3v) is 5.24. The van der Waals surface area contributed by atoms with Gasteiger partial charge in [-0.1, -0.05) is 12.1 Å². The lowest BCUT2D eigenvalue weighted by Crippen LogP contribution is -2.39. The van der Waals surface area contributed by atoms with Crippen LogP contribution in [0.5, 0.6) is 0 Å². The topological polar surface area (TPSA) is 125 Å². The van der Waals surface area contributed by atoms with Crippen molar-refractivity contribution in [1.82, 2.24) is 5.32 Å². The van der Waals surface area contributed by atoms with Gasteiger partial charge < -0.3 is 21.5 Å². The zero-order valence-corrected chi connectivity index (χ0v) is 16.9. The van der Waals surface area contributed by atoms with Gasteiger partial charge >= 0.3 is 6.09 Å². The maximum absolute atomic E-state index is 12.8. The molecule has 5 N–H and O–H groups in total. The van der Waals surface area contributed by atoms with Crippen LogP contribution in [0.25, 0.3) is 10.4 Å². The summed E-state index contributed by atoms with van der Waals surface area (Å²) in [6, 6.07) is 15.2. The number of nitrogens with one attached hydrogen (secondary N) is 2. The van der Waals surface area contributed by atoms with Crippen LogP contribution >= 0.6 is 11.3 Å². The highest BCUT2D eigenvalue weighted by molar-refractivity contribution is 7.13. The average Bonchev–Trinajstić information content (AvgIpc) is 3.27. The number of hydrogen-bond donors (Lipinski definition) is 4. The van der Waals surface area contributed by atoms with Crippen molar-refractivity contribution in [2.75, 3.05) is 29.5 Å². The Morgan fingerprint density at radius 2 is 1.83 bits per heavy atom. The van der Waals surface area contributed by atoms with Gasteiger partial charge in [-0.25, -0.2) is 4.79 Å². The van der Waals surface area contributed by atoms with Crippen LogP contribution in [0.3, 0.4) is 0 Å². The largest absolute Gasteiger partial charge is 0.465 e. The zero-order chi connectivity index (χ0) is 21.7. The molecule has 0 spiro atoms. The van der Waals surface area contributed by atoms with Gasteiger partial charge in [-0.05, 0) is 53.4 Å². The van der Waals surface area contributed by atoms with E-state index in [0.29, 0.717) is 11.3 Å². The maximum Gasteiger partial charge on any atom is 0.412 e. The zero-order valence-electron chi connectivity index (χ0n) is 16.1. The fourth-order valence-electron chi connectivity index (χ4n) is 2.78. The van der Waals surface area contributed by atoms with Crippen molar-refractivity contribution in [2.45, 2.75) is 0 Å². The highest BCUT2D eigenvalue weighted by atomic mass is 32.1. The van der Waals surface area contributed by atoms with E-state index in [2.05, 4.69) is 10.6 Å². The molecule has 3 amide bonds. The Kier molecular flexibility index (Phi) is 6.33. The van der Waals surface area contributed by atoms with E-state index < -0.39 is 24.5 Å². The first-order valence-electron chi connectivity index (χ1n) is 8.95. The van der Waals surface area contributed by atoms with Crippen molar-refractivity contribution in [1.29, 1.82) is 0 Å². The molecule has 8 nitrogen and oxygen atoms in total. The molecule has 154 valence electrons. The van der Waals surface area contributed by atoms with Crippen LogP contribution in [0.1, 0.15) is 10.4 Å². The maximum atomic E-state index is 12.8. The summed E-state index contributed by atoms with van der Waals surface area (Å²) in [4.78, 5) is 38.3. The second kappa shape index (κ2) is 9.10. The molecule has 0 unspecified atom stereocenters. The first kappa shape index (κ1) is 20.9. The standard InChI is InChI=1S/C21H20N4O4S/c1-23-19(26)12-25(21(28)29)17-9-6-14(18-3-2-10-30-18)11-16(17)24-20(27)13-4-7-15(22)8-5-13/h2-11H,12,22H2,1H3,(H,23,26)(H,24,27)(H,28,29). The second-order valence-corrected chi connectivity index (χ2v) is 7.27. The molecule has 0 bridgehead atoms. The van der Waals surface area contributed by atoms with Crippen LogP contribution in [0.15, 0.2) is 60.0 Å². The molecular formula is C21H20N4O4S. The molecule has 0 saturated heterocycles. The van der Waals surface area contributed by atoms with Crippen LogP contribution in [0.2, 0.25) is 0 Å². The predicted octanol–water partition coefficient (Wildman–Crippen LogP) is 3.48. The van der Waals surface area contributed by atoms with Gasteiger partial charge in [-0.2, -0.15) is 0 Å². The summed E-state index contributed by atoms with van der Waals surface area (Å²) in [5.41, 5.74) is 7.83. The summed E-state index contributed by atoms with van der Waals surface area (Å²) in [5.74, 6) is -0.902. The Balaban J connectivity index is 2.02. The Morgan fingerprint density at radius 3 is 2.43 bits per heavy atom. The summed E-state index contributed by atoms with van der Waals surface area (Å²) in [7, 11) is 1.42. The lowest BCUT2D eigenvalue weighted by Gasteiger charge is -2.22. The molecule has 0 fully saturated rings. The lowest BCUT2D eigenvalue weighted by atomic mass is 10.1. The summed E-state index contributed by atoms with van der Waals surface area (Å²) in [6.45, 7) is -0.408. The Hall–Kier alpha value is -3.85. The van der Waals surface area contributed by atoms with E-state index in [9.17, 15) is 19.5 Å². The highest BCUT2D eigenvalue weighted by Crippen LogP contribution is 2.34. The van der Waals surface area contributed by atoms with Gasteiger partial charge in [0.25, 0.3) is 5.91 Å². The summed E-state index contributed by atoms with van der Waals surface area (Å²) < 4.78 is 0. The third-order valence-electron chi connectivity index (χ3n) is 4.33. The number of rotatable bonds is 6. The van der Waals surface area contributed by atoms with Crippen molar-refractivity contribution >= 4 is 46.3 Å². The predicted molar refractivity (Wildman–Crippen MR) is 118 cm³/mol. The second-order valence-electron chi connectivity index (χ2n) is 6.33. The minimum Gasteiger partial charge on any atom is -0.465 e. The number of thiophene rings is 1. The monoisotopic (exact) mass is 424 g/mol. The SMILES string of the molecule is CNC(=O)CN(C(=O)O)c1ccc(-c2cccs2)cc1NC(=O)c1ccc(N)cc1. The lowest BCUT2D eigenvalue weighted by molar-refractivity contribution is -0.119. The molecule has 0 aliphatic heterocycles. The molecular weight excluding hydrogens is 404 g/mol. The fourth-order valence-corrected chi connectivity index (χ4v) is 3.50. The summed E-state index contributed by atoms with van der Waals surface area (Å²) >= 11 is 1.52. The smallest absolute Gasteiger partial charge is 0.412 e. The first-order chi connectivity index (χ1) is 14.4. The Labute approximate surface area is 176 Å². The number of nitrogens with zero attached hydrogens (tertiary/aromatic N) is 1. The van der Waals surface area contributed by atoms with Crippen LogP contribution in [-0.2, 0) is 4.79 Å². The number of nitrogens with two attached hydrogens (primary N) is 1. The van der Waals surface area contributed by atoms with Gasteiger partial charge in [0, 0.05) is 23.2 Å². The minimum absolute atomic E-state index is 0.190. The number of likely N-dealkylation sites (N-methyl/N-ethyl adjacent to an activating group) is 1. The van der Waals surface area contributed by atoms with Crippen molar-refractivity contribution in [3.63, 3.8) is 0 Å². The molecule has 0 radical (unpaired) electrons. The van der Waals surface area contributed by atoms with Gasteiger partial charge in [0.05, 0.1) is 11.4 Å². The number of hydrogen-bond acceptors (Lipinski definition) is 5. The van der Waals surface area contributed by atoms with Crippen molar-refractivity contribution in [3.8, 4) is 10.4 Å². The van der Waals surface area contributed by atoms with Gasteiger partial charge in [0.1, 0.15) is 6.54 Å². The molecule has 1 aromatic heterocycles. The third kappa shape index (κ3) is 4.76. The van der Waals surface area contributed by atoms with Gasteiger partial charge in [0.15, 0.2) is 0 Å². The molecule has 30 heavy (non-hydrogen) atoms. The summed E-state index contributed by atoms with van der Waals surface area (Å²) in [5, 5.41) is 16.7. The Morgan fingerprint density at radius 1 is 1.10 bits per heavy atom. The first-order valence-corrected chi connectivity index (χ1v) is 9.83. The van der Waals surface area contributed by atoms with E-state index in [-0.39, 0.29) is 11.4 Å². The van der Waals surface area contributed by atoms with E-state index in [1.54, 1.807) is 42.5 Å². The van der Waals surface area contributed by atoms with E-state index in [4.69, 9.17) is 5.73 Å². The number of carbonyl (C=O) groups is 3. The minimum atomic E-state index is -1.31. The number of amides is 3. The van der Waals surface area contributed by atoms with Crippen molar-refractivity contribution < 1.29 is 19.5 Å². The van der Waals surface area contributed by atoms with Crippen LogP contribution in [0, 0.1) is 0 Å². The molecule has 9 heteroatoms. The number of carboxylic acid groups (broad SMARTS) is 1. The fraction of sp³-hybridized carbons (Fsp3) is 0.0952. The van der Waals surface area contributed by atoms with Crippen LogP contribution in [0.4, 0.5) is 21.9 Å². The Bertz CT molecular complexity index is 1070. The van der Waals surface area contributed by atoms with Crippen LogP contribution in [-0.4, -0.2) is 36.6 Å². The van der Waals surface area contributed by atoms with Gasteiger partial charge in [0.2, 0.25) is 5.91 Å². The quantitative estimate of drug-likeness (QED) is 0.451. The summed E-state index contributed by atoms with van der Waals surface area (Å²) in [6.07, 6.45) is -1.31. The molecule has 0 aliphatic rings. The number of benzene rings is 2. The average molecular weight is 424 g/mol. The van der Waals surface area contributed by atoms with Crippen LogP contribution < -0.4 is 21.3 Å². The number of nitrogen functional groups attached to an aromatic ring is 1. The molecule has 0 aliphatic carbocycles. The molecule has 0 saturated carbocycles. The van der Waals surface area contributed by atoms with Gasteiger partial charge in [-0.3, -0.25) is 14.5 Å². The van der Waals surface area contributed by atoms with E-state index in [0.717, 1.165) is 15.3 Å². The normalized spacial score (nSPS) is 10.3. The van der Waals surface area contributed by atoms with Gasteiger partial charge in [-0.15, -0.1) is 11.3 Å².